The van der Waals surface area contributed by atoms with E-state index in [4.69, 9.17) is 15.9 Å². The number of nitriles is 1. The standard InChI is InChI=1S/C7H10ClNO2S/c8-12(10,11)5-7(4-9)6-2-1-3-6/h6-7H,1-3,5H2. The van der Waals surface area contributed by atoms with Crippen molar-refractivity contribution in [1.29, 1.82) is 5.26 Å². The summed E-state index contributed by atoms with van der Waals surface area (Å²) < 4.78 is 21.3. The number of hydrogen-bond acceptors (Lipinski definition) is 3. The normalized spacial score (nSPS) is 21.0. The van der Waals surface area contributed by atoms with Crippen molar-refractivity contribution in [2.75, 3.05) is 5.75 Å². The third-order valence-corrected chi connectivity index (χ3v) is 3.40. The van der Waals surface area contributed by atoms with Crippen LogP contribution in [0.15, 0.2) is 0 Å². The van der Waals surface area contributed by atoms with Gasteiger partial charge in [-0.15, -0.1) is 0 Å². The number of nitrogens with zero attached hydrogens (tertiary/aromatic N) is 1. The number of rotatable bonds is 3. The minimum atomic E-state index is -3.51. The van der Waals surface area contributed by atoms with Gasteiger partial charge < -0.3 is 0 Å². The van der Waals surface area contributed by atoms with Gasteiger partial charge in [0.25, 0.3) is 0 Å². The second-order valence-electron chi connectivity index (χ2n) is 3.13. The molecule has 0 aromatic rings. The SMILES string of the molecule is N#CC(CS(=O)(=O)Cl)C1CCC1. The van der Waals surface area contributed by atoms with Crippen LogP contribution in [0.4, 0.5) is 0 Å². The molecule has 3 nitrogen and oxygen atoms in total. The van der Waals surface area contributed by atoms with E-state index >= 15 is 0 Å². The lowest BCUT2D eigenvalue weighted by molar-refractivity contribution is 0.261. The molecular weight excluding hydrogens is 198 g/mol. The van der Waals surface area contributed by atoms with Crippen LogP contribution in [0.5, 0.6) is 0 Å². The van der Waals surface area contributed by atoms with Gasteiger partial charge in [-0.25, -0.2) is 8.42 Å². The molecular formula is C7H10ClNO2S. The first-order chi connectivity index (χ1) is 5.53. The zero-order chi connectivity index (χ0) is 9.19. The number of halogens is 1. The Labute approximate surface area is 76.7 Å². The Hall–Kier alpha value is -0.270. The summed E-state index contributed by atoms with van der Waals surface area (Å²) in [5, 5.41) is 8.65. The van der Waals surface area contributed by atoms with Crippen molar-refractivity contribution in [3.05, 3.63) is 0 Å². The van der Waals surface area contributed by atoms with Crippen LogP contribution in [0.3, 0.4) is 0 Å². The van der Waals surface area contributed by atoms with Crippen LogP contribution in [-0.4, -0.2) is 14.2 Å². The Bertz CT molecular complexity index is 289. The van der Waals surface area contributed by atoms with Crippen molar-refractivity contribution in [2.24, 2.45) is 11.8 Å². The zero-order valence-electron chi connectivity index (χ0n) is 6.53. The van der Waals surface area contributed by atoms with E-state index in [-0.39, 0.29) is 11.7 Å². The highest BCUT2D eigenvalue weighted by molar-refractivity contribution is 8.13. The largest absolute Gasteiger partial charge is 0.233 e. The summed E-state index contributed by atoms with van der Waals surface area (Å²) in [6.45, 7) is 0. The van der Waals surface area contributed by atoms with E-state index in [9.17, 15) is 8.42 Å². The molecule has 1 aliphatic carbocycles. The predicted octanol–water partition coefficient (Wildman–Crippen LogP) is 1.49. The van der Waals surface area contributed by atoms with Gasteiger partial charge in [-0.1, -0.05) is 6.42 Å². The van der Waals surface area contributed by atoms with Gasteiger partial charge in [0.2, 0.25) is 9.05 Å². The Morgan fingerprint density at radius 1 is 1.58 bits per heavy atom. The summed E-state index contributed by atoms with van der Waals surface area (Å²) >= 11 is 0. The van der Waals surface area contributed by atoms with Crippen molar-refractivity contribution in [3.63, 3.8) is 0 Å². The predicted molar refractivity (Wildman–Crippen MR) is 46.1 cm³/mol. The molecule has 0 saturated heterocycles. The fourth-order valence-corrected chi connectivity index (χ4v) is 2.52. The van der Waals surface area contributed by atoms with Crippen molar-refractivity contribution < 1.29 is 8.42 Å². The molecule has 0 spiro atoms. The van der Waals surface area contributed by atoms with E-state index in [1.807, 2.05) is 6.07 Å². The Morgan fingerprint density at radius 2 is 2.17 bits per heavy atom. The second-order valence-corrected chi connectivity index (χ2v) is 5.95. The Kier molecular flexibility index (Phi) is 2.97. The maximum atomic E-state index is 10.7. The van der Waals surface area contributed by atoms with Crippen LogP contribution >= 0.6 is 10.7 Å². The first-order valence-electron chi connectivity index (χ1n) is 3.85. The van der Waals surface area contributed by atoms with E-state index in [2.05, 4.69) is 0 Å². The molecule has 0 aliphatic heterocycles. The van der Waals surface area contributed by atoms with E-state index in [0.717, 1.165) is 19.3 Å². The van der Waals surface area contributed by atoms with Gasteiger partial charge in [0.1, 0.15) is 0 Å². The number of hydrogen-bond donors (Lipinski definition) is 0. The maximum absolute atomic E-state index is 10.7. The molecule has 0 heterocycles. The molecule has 68 valence electrons. The summed E-state index contributed by atoms with van der Waals surface area (Å²) in [7, 11) is 1.55. The van der Waals surface area contributed by atoms with Crippen LogP contribution in [0, 0.1) is 23.2 Å². The van der Waals surface area contributed by atoms with Crippen LogP contribution in [0.1, 0.15) is 19.3 Å². The molecule has 5 heteroatoms. The van der Waals surface area contributed by atoms with Crippen LogP contribution in [-0.2, 0) is 9.05 Å². The average Bonchev–Trinajstić information content (AvgIpc) is 1.79. The maximum Gasteiger partial charge on any atom is 0.233 e. The molecule has 0 amide bonds. The summed E-state index contributed by atoms with van der Waals surface area (Å²) in [4.78, 5) is 0. The topological polar surface area (TPSA) is 57.9 Å². The minimum absolute atomic E-state index is 0.199. The molecule has 0 N–H and O–H groups in total. The van der Waals surface area contributed by atoms with E-state index in [0.29, 0.717) is 0 Å². The summed E-state index contributed by atoms with van der Waals surface area (Å²) in [5.41, 5.74) is 0. The van der Waals surface area contributed by atoms with Crippen molar-refractivity contribution in [2.45, 2.75) is 19.3 Å². The molecule has 1 saturated carbocycles. The van der Waals surface area contributed by atoms with E-state index in [1.165, 1.54) is 0 Å². The van der Waals surface area contributed by atoms with Crippen molar-refractivity contribution in [1.82, 2.24) is 0 Å². The lowest BCUT2D eigenvalue weighted by atomic mass is 9.77. The molecule has 1 rings (SSSR count). The average molecular weight is 208 g/mol. The lowest BCUT2D eigenvalue weighted by Gasteiger charge is -2.28. The van der Waals surface area contributed by atoms with Gasteiger partial charge in [0.05, 0.1) is 17.7 Å². The van der Waals surface area contributed by atoms with Crippen LogP contribution < -0.4 is 0 Å². The Morgan fingerprint density at radius 3 is 2.42 bits per heavy atom. The zero-order valence-corrected chi connectivity index (χ0v) is 8.11. The second kappa shape index (κ2) is 3.63. The van der Waals surface area contributed by atoms with Gasteiger partial charge in [0.15, 0.2) is 0 Å². The summed E-state index contributed by atoms with van der Waals surface area (Å²) in [6, 6.07) is 2.00. The van der Waals surface area contributed by atoms with Gasteiger partial charge in [-0.2, -0.15) is 5.26 Å². The van der Waals surface area contributed by atoms with Gasteiger partial charge in [-0.05, 0) is 18.8 Å². The van der Waals surface area contributed by atoms with Crippen LogP contribution in [0.25, 0.3) is 0 Å². The smallest absolute Gasteiger partial charge is 0.212 e. The highest BCUT2D eigenvalue weighted by Gasteiger charge is 2.30. The molecule has 0 bridgehead atoms. The highest BCUT2D eigenvalue weighted by Crippen LogP contribution is 2.34. The minimum Gasteiger partial charge on any atom is -0.212 e. The summed E-state index contributed by atoms with van der Waals surface area (Å²) in [5.74, 6) is -0.347. The monoisotopic (exact) mass is 207 g/mol. The Balaban J connectivity index is 2.53. The molecule has 0 aromatic heterocycles. The lowest BCUT2D eigenvalue weighted by Crippen LogP contribution is -2.25. The van der Waals surface area contributed by atoms with Gasteiger partial charge >= 0.3 is 0 Å². The summed E-state index contributed by atoms with van der Waals surface area (Å²) in [6.07, 6.45) is 3.03. The van der Waals surface area contributed by atoms with E-state index < -0.39 is 15.0 Å². The van der Waals surface area contributed by atoms with Gasteiger partial charge in [-0.3, -0.25) is 0 Å². The van der Waals surface area contributed by atoms with Crippen molar-refractivity contribution in [3.8, 4) is 6.07 Å². The molecule has 1 unspecified atom stereocenters. The molecule has 0 aromatic carbocycles. The van der Waals surface area contributed by atoms with Crippen LogP contribution in [0.2, 0.25) is 0 Å². The van der Waals surface area contributed by atoms with E-state index in [1.54, 1.807) is 0 Å². The first-order valence-corrected chi connectivity index (χ1v) is 6.33. The molecule has 1 fully saturated rings. The molecule has 12 heavy (non-hydrogen) atoms. The molecule has 1 atom stereocenters. The van der Waals surface area contributed by atoms with Crippen molar-refractivity contribution >= 4 is 19.7 Å². The highest BCUT2D eigenvalue weighted by atomic mass is 35.7. The quantitative estimate of drug-likeness (QED) is 0.659. The third kappa shape index (κ3) is 2.65. The van der Waals surface area contributed by atoms with Gasteiger partial charge in [0, 0.05) is 10.7 Å². The fraction of sp³-hybridized carbons (Fsp3) is 0.857. The molecule has 0 radical (unpaired) electrons. The first kappa shape index (κ1) is 9.82. The third-order valence-electron chi connectivity index (χ3n) is 2.26. The fourth-order valence-electron chi connectivity index (χ4n) is 1.34. The molecule has 1 aliphatic rings.